The maximum Gasteiger partial charge on any atom is 0.222 e. The summed E-state index contributed by atoms with van der Waals surface area (Å²) in [5.41, 5.74) is 1.29. The third kappa shape index (κ3) is 4.44. The summed E-state index contributed by atoms with van der Waals surface area (Å²) < 4.78 is 5.17. The molecule has 0 radical (unpaired) electrons. The topological polar surface area (TPSA) is 48.9 Å². The van der Waals surface area contributed by atoms with Crippen LogP contribution in [-0.4, -0.2) is 84.6 Å². The van der Waals surface area contributed by atoms with Gasteiger partial charge in [0.1, 0.15) is 0 Å². The van der Waals surface area contributed by atoms with E-state index >= 15 is 0 Å². The number of rotatable bonds is 6. The number of amides is 1. The van der Waals surface area contributed by atoms with Crippen LogP contribution in [0.15, 0.2) is 5.38 Å². The van der Waals surface area contributed by atoms with Gasteiger partial charge in [0.05, 0.1) is 17.3 Å². The minimum atomic E-state index is 0.0966. The van der Waals surface area contributed by atoms with Crippen LogP contribution in [0, 0.1) is 0 Å². The molecule has 1 spiro atoms. The van der Waals surface area contributed by atoms with Gasteiger partial charge in [0, 0.05) is 63.7 Å². The number of carbonyl (C=O) groups is 1. The molecule has 0 aromatic carbocycles. The van der Waals surface area contributed by atoms with Crippen molar-refractivity contribution < 1.29 is 9.53 Å². The van der Waals surface area contributed by atoms with Gasteiger partial charge in [0.25, 0.3) is 0 Å². The molecule has 2 aliphatic heterocycles. The summed E-state index contributed by atoms with van der Waals surface area (Å²) in [6.45, 7) is 8.38. The van der Waals surface area contributed by atoms with E-state index in [1.807, 2.05) is 4.90 Å². The Kier molecular flexibility index (Phi) is 6.66. The molecule has 0 saturated carbocycles. The summed E-state index contributed by atoms with van der Waals surface area (Å²) in [5.74, 6) is 0.275. The highest BCUT2D eigenvalue weighted by Crippen LogP contribution is 2.32. The smallest absolute Gasteiger partial charge is 0.222 e. The highest BCUT2D eigenvalue weighted by molar-refractivity contribution is 7.09. The van der Waals surface area contributed by atoms with Crippen molar-refractivity contribution in [1.29, 1.82) is 0 Å². The van der Waals surface area contributed by atoms with Crippen LogP contribution in [0.4, 0.5) is 0 Å². The lowest BCUT2D eigenvalue weighted by molar-refractivity contribution is -0.131. The molecule has 6 nitrogen and oxygen atoms in total. The second-order valence-corrected chi connectivity index (χ2v) is 8.51. The van der Waals surface area contributed by atoms with Crippen molar-refractivity contribution in [2.24, 2.45) is 0 Å². The Bertz CT molecular complexity index is 608. The number of carbonyl (C=O) groups excluding carboxylic acids is 1. The predicted molar refractivity (Wildman–Crippen MR) is 104 cm³/mol. The molecule has 1 amide bonds. The van der Waals surface area contributed by atoms with Crippen molar-refractivity contribution in [1.82, 2.24) is 19.7 Å². The molecule has 3 heterocycles. The molecular formula is C19H32N4O2S. The second-order valence-electron chi connectivity index (χ2n) is 7.57. The van der Waals surface area contributed by atoms with E-state index in [0.717, 1.165) is 52.0 Å². The van der Waals surface area contributed by atoms with Crippen molar-refractivity contribution in [3.63, 3.8) is 0 Å². The Balaban J connectivity index is 1.65. The van der Waals surface area contributed by atoms with Crippen LogP contribution in [0.2, 0.25) is 0 Å². The minimum Gasteiger partial charge on any atom is -0.383 e. The van der Waals surface area contributed by atoms with Crippen LogP contribution in [0.3, 0.4) is 0 Å². The van der Waals surface area contributed by atoms with Gasteiger partial charge < -0.3 is 9.64 Å². The van der Waals surface area contributed by atoms with Gasteiger partial charge in [-0.3, -0.25) is 14.6 Å². The number of hydrogen-bond donors (Lipinski definition) is 0. The van der Waals surface area contributed by atoms with Gasteiger partial charge in [0.2, 0.25) is 5.91 Å². The summed E-state index contributed by atoms with van der Waals surface area (Å²) in [7, 11) is 3.92. The van der Waals surface area contributed by atoms with Crippen LogP contribution in [0.25, 0.3) is 0 Å². The van der Waals surface area contributed by atoms with Gasteiger partial charge in [0.15, 0.2) is 0 Å². The first kappa shape index (κ1) is 19.7. The number of likely N-dealkylation sites (N-methyl/N-ethyl adjacent to an activating group) is 1. The van der Waals surface area contributed by atoms with Crippen molar-refractivity contribution in [2.75, 3.05) is 53.5 Å². The van der Waals surface area contributed by atoms with Crippen LogP contribution < -0.4 is 0 Å². The van der Waals surface area contributed by atoms with E-state index in [0.29, 0.717) is 19.6 Å². The van der Waals surface area contributed by atoms with E-state index in [4.69, 9.17) is 9.72 Å². The third-order valence-electron chi connectivity index (χ3n) is 5.94. The molecule has 2 fully saturated rings. The first-order chi connectivity index (χ1) is 12.6. The number of nitrogens with zero attached hydrogens (tertiary/aromatic N) is 4. The zero-order valence-corrected chi connectivity index (χ0v) is 17.2. The Morgan fingerprint density at radius 1 is 1.31 bits per heavy atom. The average Bonchev–Trinajstić information content (AvgIpc) is 3.04. The Labute approximate surface area is 161 Å². The fraction of sp³-hybridized carbons (Fsp3) is 0.789. The molecule has 146 valence electrons. The van der Waals surface area contributed by atoms with Crippen LogP contribution in [0.1, 0.15) is 36.9 Å². The van der Waals surface area contributed by atoms with E-state index in [2.05, 4.69) is 29.2 Å². The SMILES string of the molecule is CCc1nc(CN2CCN(C)[C@]3(CCC(=O)N(CCOC)CC3)C2)cs1. The van der Waals surface area contributed by atoms with Gasteiger partial charge in [-0.1, -0.05) is 6.92 Å². The first-order valence-electron chi connectivity index (χ1n) is 9.70. The molecule has 0 unspecified atom stereocenters. The van der Waals surface area contributed by atoms with E-state index < -0.39 is 0 Å². The van der Waals surface area contributed by atoms with E-state index in [9.17, 15) is 4.79 Å². The van der Waals surface area contributed by atoms with Crippen molar-refractivity contribution in [3.05, 3.63) is 16.1 Å². The Morgan fingerprint density at radius 2 is 2.15 bits per heavy atom. The maximum atomic E-state index is 12.5. The first-order valence-corrected chi connectivity index (χ1v) is 10.6. The lowest BCUT2D eigenvalue weighted by Crippen LogP contribution is -2.60. The fourth-order valence-corrected chi connectivity index (χ4v) is 4.90. The average molecular weight is 381 g/mol. The number of aromatic nitrogens is 1. The summed E-state index contributed by atoms with van der Waals surface area (Å²) in [6, 6.07) is 0. The van der Waals surface area contributed by atoms with Gasteiger partial charge in [-0.15, -0.1) is 11.3 Å². The monoisotopic (exact) mass is 380 g/mol. The number of aryl methyl sites for hydroxylation is 1. The van der Waals surface area contributed by atoms with E-state index in [1.54, 1.807) is 18.4 Å². The molecule has 7 heteroatoms. The molecule has 1 atom stereocenters. The summed E-state index contributed by atoms with van der Waals surface area (Å²) in [4.78, 5) is 24.2. The highest BCUT2D eigenvalue weighted by Gasteiger charge is 2.42. The molecule has 1 aromatic heterocycles. The number of thiazole rings is 1. The Hall–Kier alpha value is -1.02. The lowest BCUT2D eigenvalue weighted by Gasteiger charge is -2.49. The van der Waals surface area contributed by atoms with E-state index in [-0.39, 0.29) is 11.4 Å². The minimum absolute atomic E-state index is 0.0966. The summed E-state index contributed by atoms with van der Waals surface area (Å²) in [5, 5.41) is 3.42. The van der Waals surface area contributed by atoms with Gasteiger partial charge in [-0.05, 0) is 26.3 Å². The molecule has 26 heavy (non-hydrogen) atoms. The van der Waals surface area contributed by atoms with Gasteiger partial charge in [-0.2, -0.15) is 0 Å². The quantitative estimate of drug-likeness (QED) is 0.754. The normalized spacial score (nSPS) is 25.8. The number of ether oxygens (including phenoxy) is 1. The molecule has 2 saturated heterocycles. The largest absolute Gasteiger partial charge is 0.383 e. The molecule has 0 N–H and O–H groups in total. The second kappa shape index (κ2) is 8.78. The molecule has 3 rings (SSSR count). The third-order valence-corrected chi connectivity index (χ3v) is 6.98. The molecule has 0 aliphatic carbocycles. The molecule has 0 bridgehead atoms. The lowest BCUT2D eigenvalue weighted by atomic mass is 9.86. The molecule has 2 aliphatic rings. The maximum absolute atomic E-state index is 12.5. The molecular weight excluding hydrogens is 348 g/mol. The number of hydrogen-bond acceptors (Lipinski definition) is 6. The fourth-order valence-electron chi connectivity index (χ4n) is 4.16. The van der Waals surface area contributed by atoms with Crippen molar-refractivity contribution >= 4 is 17.2 Å². The summed E-state index contributed by atoms with van der Waals surface area (Å²) >= 11 is 1.77. The van der Waals surface area contributed by atoms with Crippen LogP contribution >= 0.6 is 11.3 Å². The number of likely N-dealkylation sites (tertiary alicyclic amines) is 1. The molecule has 1 aromatic rings. The van der Waals surface area contributed by atoms with Gasteiger partial charge in [-0.25, -0.2) is 4.98 Å². The van der Waals surface area contributed by atoms with Crippen molar-refractivity contribution in [2.45, 2.75) is 44.7 Å². The zero-order valence-electron chi connectivity index (χ0n) is 16.4. The highest BCUT2D eigenvalue weighted by atomic mass is 32.1. The zero-order chi connectivity index (χ0) is 18.6. The predicted octanol–water partition coefficient (Wildman–Crippen LogP) is 1.85. The van der Waals surface area contributed by atoms with Gasteiger partial charge >= 0.3 is 0 Å². The van der Waals surface area contributed by atoms with Crippen LogP contribution in [-0.2, 0) is 22.5 Å². The number of piperazine rings is 1. The summed E-state index contributed by atoms with van der Waals surface area (Å²) in [6.07, 6.45) is 3.63. The van der Waals surface area contributed by atoms with Crippen molar-refractivity contribution in [3.8, 4) is 0 Å². The number of methoxy groups -OCH3 is 1. The Morgan fingerprint density at radius 3 is 2.88 bits per heavy atom. The van der Waals surface area contributed by atoms with Crippen LogP contribution in [0.5, 0.6) is 0 Å². The standard InChI is InChI=1S/C19H32N4O2S/c1-4-17-20-16(14-26-17)13-22-10-9-21(2)19(15-22)6-5-18(24)23(8-7-19)11-12-25-3/h14H,4-13,15H2,1-3H3/t19-/m0/s1. The van der Waals surface area contributed by atoms with E-state index in [1.165, 1.54) is 10.7 Å².